The van der Waals surface area contributed by atoms with Crippen molar-refractivity contribution in [3.63, 3.8) is 0 Å². The molecule has 4 nitrogen and oxygen atoms in total. The lowest BCUT2D eigenvalue weighted by atomic mass is 9.61. The Morgan fingerprint density at radius 3 is 1.39 bits per heavy atom. The molecular weight excluding hydrogens is 584 g/mol. The van der Waals surface area contributed by atoms with E-state index in [1.807, 2.05) is 36.4 Å². The van der Waals surface area contributed by atoms with Crippen LogP contribution in [0, 0.1) is 0 Å². The van der Waals surface area contributed by atoms with Crippen LogP contribution in [0.1, 0.15) is 54.8 Å². The zero-order valence-electron chi connectivity index (χ0n) is 18.9. The standard InChI is InChI=1S/C30H20Br2O4/c31-21-15-7-13-19-23-20-14-8-16-22(32)25(20)26(24(19)21)28(36-30(34)18-11-5-2-6-12-18)27(23)35-29(33)17-9-3-1-4-10-17/h1-16,23,26-28H/t23-,26-,27?,28?. The molecule has 4 aromatic carbocycles. The molecular formula is C30H20Br2O4. The molecule has 3 aliphatic carbocycles. The van der Waals surface area contributed by atoms with Crippen molar-refractivity contribution in [1.29, 1.82) is 0 Å². The normalized spacial score (nSPS) is 21.3. The number of esters is 2. The Labute approximate surface area is 225 Å². The van der Waals surface area contributed by atoms with Gasteiger partial charge in [-0.2, -0.15) is 0 Å². The van der Waals surface area contributed by atoms with Crippen molar-refractivity contribution in [3.8, 4) is 0 Å². The zero-order chi connectivity index (χ0) is 24.8. The van der Waals surface area contributed by atoms with Gasteiger partial charge in [0.25, 0.3) is 0 Å². The first kappa shape index (κ1) is 23.2. The number of rotatable bonds is 4. The lowest BCUT2D eigenvalue weighted by Gasteiger charge is -2.49. The van der Waals surface area contributed by atoms with E-state index >= 15 is 0 Å². The molecule has 0 fully saturated rings. The molecule has 7 rings (SSSR count). The molecule has 2 bridgehead atoms. The Bertz CT molecular complexity index is 1420. The van der Waals surface area contributed by atoms with E-state index in [1.54, 1.807) is 48.5 Å². The van der Waals surface area contributed by atoms with Crippen molar-refractivity contribution in [2.75, 3.05) is 0 Å². The fourth-order valence-electron chi connectivity index (χ4n) is 5.48. The number of ether oxygens (including phenoxy) is 2. The number of fused-ring (bicyclic) bond motifs is 1. The van der Waals surface area contributed by atoms with E-state index in [1.165, 1.54) is 0 Å². The second-order valence-electron chi connectivity index (χ2n) is 8.91. The largest absolute Gasteiger partial charge is 0.454 e. The molecule has 0 aromatic heterocycles. The summed E-state index contributed by atoms with van der Waals surface area (Å²) in [4.78, 5) is 26.6. The third kappa shape index (κ3) is 3.80. The predicted molar refractivity (Wildman–Crippen MR) is 143 cm³/mol. The lowest BCUT2D eigenvalue weighted by Crippen LogP contribution is -2.51. The van der Waals surface area contributed by atoms with Gasteiger partial charge in [-0.05, 0) is 58.7 Å². The minimum atomic E-state index is -0.715. The number of carbonyl (C=O) groups is 2. The van der Waals surface area contributed by atoms with Gasteiger partial charge in [0, 0.05) is 8.95 Å². The Kier molecular flexibility index (Phi) is 6.02. The van der Waals surface area contributed by atoms with Crippen LogP contribution >= 0.6 is 31.9 Å². The van der Waals surface area contributed by atoms with E-state index in [0.29, 0.717) is 11.1 Å². The van der Waals surface area contributed by atoms with E-state index in [4.69, 9.17) is 9.47 Å². The van der Waals surface area contributed by atoms with Crippen molar-refractivity contribution in [2.24, 2.45) is 0 Å². The molecule has 0 spiro atoms. The van der Waals surface area contributed by atoms with Crippen molar-refractivity contribution in [2.45, 2.75) is 24.0 Å². The van der Waals surface area contributed by atoms with Crippen LogP contribution in [0.4, 0.5) is 0 Å². The van der Waals surface area contributed by atoms with Crippen molar-refractivity contribution in [1.82, 2.24) is 0 Å². The molecule has 0 aliphatic heterocycles. The summed E-state index contributed by atoms with van der Waals surface area (Å²) >= 11 is 7.49. The highest BCUT2D eigenvalue weighted by molar-refractivity contribution is 9.10. The second kappa shape index (κ2) is 9.34. The summed E-state index contributed by atoms with van der Waals surface area (Å²) in [6, 6.07) is 29.9. The summed E-state index contributed by atoms with van der Waals surface area (Å²) in [5, 5.41) is 0. The highest BCUT2D eigenvalue weighted by Crippen LogP contribution is 2.58. The van der Waals surface area contributed by atoms with E-state index in [-0.39, 0.29) is 11.8 Å². The van der Waals surface area contributed by atoms with Crippen molar-refractivity contribution >= 4 is 43.8 Å². The first-order valence-corrected chi connectivity index (χ1v) is 13.2. The average Bonchev–Trinajstić information content (AvgIpc) is 2.91. The number of hydrogen-bond donors (Lipinski definition) is 0. The maximum Gasteiger partial charge on any atom is 0.338 e. The topological polar surface area (TPSA) is 52.6 Å². The number of halogens is 2. The summed E-state index contributed by atoms with van der Waals surface area (Å²) < 4.78 is 14.3. The average molecular weight is 604 g/mol. The van der Waals surface area contributed by atoms with E-state index in [9.17, 15) is 9.59 Å². The lowest BCUT2D eigenvalue weighted by molar-refractivity contribution is -0.0559. The highest BCUT2D eigenvalue weighted by Gasteiger charge is 2.55. The van der Waals surface area contributed by atoms with Crippen LogP contribution in [0.25, 0.3) is 0 Å². The van der Waals surface area contributed by atoms with Gasteiger partial charge in [0.1, 0.15) is 0 Å². The Hall–Kier alpha value is -3.22. The predicted octanol–water partition coefficient (Wildman–Crippen LogP) is 7.25. The number of benzene rings is 4. The van der Waals surface area contributed by atoms with Crippen LogP contribution in [0.3, 0.4) is 0 Å². The van der Waals surface area contributed by atoms with Crippen LogP contribution in [-0.4, -0.2) is 24.1 Å². The Morgan fingerprint density at radius 2 is 0.944 bits per heavy atom. The Morgan fingerprint density at radius 1 is 0.528 bits per heavy atom. The monoisotopic (exact) mass is 602 g/mol. The summed E-state index contributed by atoms with van der Waals surface area (Å²) in [6.07, 6.45) is -1.41. The molecule has 0 saturated heterocycles. The molecule has 36 heavy (non-hydrogen) atoms. The van der Waals surface area contributed by atoms with Gasteiger partial charge in [-0.3, -0.25) is 0 Å². The SMILES string of the molecule is O=C(OC1C(OC(=O)c2ccccc2)[C@H]2c3c(Br)cccc3[C@H]1c1cccc(Br)c12)c1ccccc1. The summed E-state index contributed by atoms with van der Waals surface area (Å²) in [5.41, 5.74) is 5.15. The first-order chi connectivity index (χ1) is 17.5. The third-order valence-electron chi connectivity index (χ3n) is 6.95. The van der Waals surface area contributed by atoms with Crippen LogP contribution < -0.4 is 0 Å². The molecule has 4 aromatic rings. The van der Waals surface area contributed by atoms with Gasteiger partial charge in [-0.25, -0.2) is 9.59 Å². The minimum Gasteiger partial charge on any atom is -0.454 e. The molecule has 178 valence electrons. The fraction of sp³-hybridized carbons (Fsp3) is 0.133. The Balaban J connectivity index is 1.51. The van der Waals surface area contributed by atoms with Crippen molar-refractivity contribution < 1.29 is 19.1 Å². The molecule has 0 radical (unpaired) electrons. The fourth-order valence-corrected chi connectivity index (χ4v) is 6.74. The molecule has 2 unspecified atom stereocenters. The molecule has 0 amide bonds. The van der Waals surface area contributed by atoms with Gasteiger partial charge in [0.15, 0.2) is 12.2 Å². The highest BCUT2D eigenvalue weighted by atomic mass is 79.9. The van der Waals surface area contributed by atoms with Gasteiger partial charge in [0.2, 0.25) is 0 Å². The molecule has 2 atom stereocenters. The van der Waals surface area contributed by atoms with Crippen LogP contribution in [-0.2, 0) is 9.47 Å². The van der Waals surface area contributed by atoms with Gasteiger partial charge in [0.05, 0.1) is 23.0 Å². The molecule has 0 N–H and O–H groups in total. The van der Waals surface area contributed by atoms with Crippen molar-refractivity contribution in [3.05, 3.63) is 139 Å². The van der Waals surface area contributed by atoms with Crippen LogP contribution in [0.15, 0.2) is 106 Å². The molecule has 6 heteroatoms. The van der Waals surface area contributed by atoms with Crippen LogP contribution in [0.2, 0.25) is 0 Å². The summed E-state index contributed by atoms with van der Waals surface area (Å²) in [5.74, 6) is -1.51. The smallest absolute Gasteiger partial charge is 0.338 e. The molecule has 0 saturated carbocycles. The van der Waals surface area contributed by atoms with E-state index in [2.05, 4.69) is 44.0 Å². The molecule has 0 heterocycles. The number of hydrogen-bond acceptors (Lipinski definition) is 4. The minimum absolute atomic E-state index is 0.295. The van der Waals surface area contributed by atoms with Gasteiger partial charge in [-0.15, -0.1) is 0 Å². The van der Waals surface area contributed by atoms with Gasteiger partial charge < -0.3 is 9.47 Å². The third-order valence-corrected chi connectivity index (χ3v) is 8.33. The maximum atomic E-state index is 13.3. The molecule has 3 aliphatic rings. The number of carbonyl (C=O) groups excluding carboxylic acids is 2. The first-order valence-electron chi connectivity index (χ1n) is 11.6. The zero-order valence-corrected chi connectivity index (χ0v) is 22.1. The van der Waals surface area contributed by atoms with Gasteiger partial charge in [-0.1, -0.05) is 92.5 Å². The van der Waals surface area contributed by atoms with E-state index < -0.39 is 24.1 Å². The van der Waals surface area contributed by atoms with Crippen LogP contribution in [0.5, 0.6) is 0 Å². The summed E-state index contributed by atoms with van der Waals surface area (Å²) in [6.45, 7) is 0. The van der Waals surface area contributed by atoms with E-state index in [0.717, 1.165) is 31.2 Å². The summed E-state index contributed by atoms with van der Waals surface area (Å²) in [7, 11) is 0. The second-order valence-corrected chi connectivity index (χ2v) is 10.6. The van der Waals surface area contributed by atoms with Gasteiger partial charge >= 0.3 is 11.9 Å². The quantitative estimate of drug-likeness (QED) is 0.231. The maximum absolute atomic E-state index is 13.3.